The summed E-state index contributed by atoms with van der Waals surface area (Å²) in [5.41, 5.74) is 5.13. The van der Waals surface area contributed by atoms with E-state index in [-0.39, 0.29) is 24.0 Å². The molecule has 3 heterocycles. The monoisotopic (exact) mass is 485 g/mol. The van der Waals surface area contributed by atoms with Gasteiger partial charge in [-0.15, -0.1) is 24.0 Å². The second kappa shape index (κ2) is 9.57. The maximum atomic E-state index is 4.67. The second-order valence-electron chi connectivity index (χ2n) is 6.98. The molecule has 1 N–H and O–H groups in total. The molecule has 1 aliphatic rings. The molecule has 1 atom stereocenters. The lowest BCUT2D eigenvalue weighted by atomic mass is 10.0. The third-order valence-electron chi connectivity index (χ3n) is 5.35. The quantitative estimate of drug-likeness (QED) is 0.402. The zero-order valence-electron chi connectivity index (χ0n) is 17.1. The number of halogens is 1. The summed E-state index contributed by atoms with van der Waals surface area (Å²) in [4.78, 5) is 6.87. The molecule has 7 nitrogen and oxygen atoms in total. The SMILES string of the molecule is CCc1nn(C)c(CC)c1CNC(=NC)N1CCC(c2cnn(C)c2)C1.I. The molecule has 2 aromatic heterocycles. The second-order valence-corrected chi connectivity index (χ2v) is 6.98. The molecule has 0 amide bonds. The van der Waals surface area contributed by atoms with Crippen molar-refractivity contribution in [2.24, 2.45) is 19.1 Å². The van der Waals surface area contributed by atoms with Gasteiger partial charge in [-0.25, -0.2) is 0 Å². The number of aromatic nitrogens is 4. The molecule has 1 aliphatic heterocycles. The van der Waals surface area contributed by atoms with Gasteiger partial charge >= 0.3 is 0 Å². The van der Waals surface area contributed by atoms with E-state index in [4.69, 9.17) is 0 Å². The molecule has 0 radical (unpaired) electrons. The molecule has 0 bridgehead atoms. The molecule has 0 aromatic carbocycles. The van der Waals surface area contributed by atoms with Crippen molar-refractivity contribution in [3.05, 3.63) is 34.9 Å². The zero-order chi connectivity index (χ0) is 18.7. The van der Waals surface area contributed by atoms with Crippen molar-refractivity contribution in [3.63, 3.8) is 0 Å². The maximum absolute atomic E-state index is 4.67. The van der Waals surface area contributed by atoms with Gasteiger partial charge in [0.2, 0.25) is 0 Å². The Kier molecular flexibility index (Phi) is 7.69. The summed E-state index contributed by atoms with van der Waals surface area (Å²) >= 11 is 0. The molecule has 1 saturated heterocycles. The number of hydrogen-bond acceptors (Lipinski definition) is 3. The van der Waals surface area contributed by atoms with E-state index >= 15 is 0 Å². The summed E-state index contributed by atoms with van der Waals surface area (Å²) in [5.74, 6) is 1.50. The minimum Gasteiger partial charge on any atom is -0.352 e. The van der Waals surface area contributed by atoms with E-state index in [0.717, 1.165) is 44.9 Å². The van der Waals surface area contributed by atoms with Gasteiger partial charge in [-0.1, -0.05) is 13.8 Å². The summed E-state index contributed by atoms with van der Waals surface area (Å²) in [5, 5.41) is 12.5. The lowest BCUT2D eigenvalue weighted by Gasteiger charge is -2.22. The van der Waals surface area contributed by atoms with Crippen LogP contribution in [-0.2, 0) is 33.5 Å². The standard InChI is InChI=1S/C19H31N7.HI/c1-6-17-16(18(7-2)25(5)23-17)11-21-19(20-3)26-9-8-14(13-26)15-10-22-24(4)12-15;/h10,12,14H,6-9,11,13H2,1-5H3,(H,20,21);1H. The highest BCUT2D eigenvalue weighted by atomic mass is 127. The van der Waals surface area contributed by atoms with E-state index in [0.29, 0.717) is 5.92 Å². The van der Waals surface area contributed by atoms with E-state index in [1.54, 1.807) is 0 Å². The predicted molar refractivity (Wildman–Crippen MR) is 120 cm³/mol. The van der Waals surface area contributed by atoms with Gasteiger partial charge < -0.3 is 10.2 Å². The number of rotatable bonds is 5. The van der Waals surface area contributed by atoms with E-state index in [9.17, 15) is 0 Å². The average Bonchev–Trinajstić information content (AvgIpc) is 3.34. The van der Waals surface area contributed by atoms with E-state index in [2.05, 4.69) is 45.5 Å². The molecule has 27 heavy (non-hydrogen) atoms. The smallest absolute Gasteiger partial charge is 0.193 e. The highest BCUT2D eigenvalue weighted by Gasteiger charge is 2.27. The summed E-state index contributed by atoms with van der Waals surface area (Å²) < 4.78 is 3.90. The van der Waals surface area contributed by atoms with Crippen LogP contribution >= 0.6 is 24.0 Å². The number of nitrogens with zero attached hydrogens (tertiary/aromatic N) is 6. The molecule has 1 unspecified atom stereocenters. The number of aryl methyl sites for hydroxylation is 3. The highest BCUT2D eigenvalue weighted by Crippen LogP contribution is 2.26. The Morgan fingerprint density at radius 2 is 2.07 bits per heavy atom. The number of hydrogen-bond donors (Lipinski definition) is 1. The van der Waals surface area contributed by atoms with Crippen molar-refractivity contribution >= 4 is 29.9 Å². The molecule has 0 aliphatic carbocycles. The van der Waals surface area contributed by atoms with Crippen molar-refractivity contribution in [2.75, 3.05) is 20.1 Å². The van der Waals surface area contributed by atoms with Crippen LogP contribution in [0.15, 0.2) is 17.4 Å². The Labute approximate surface area is 179 Å². The number of nitrogens with one attached hydrogen (secondary N) is 1. The van der Waals surface area contributed by atoms with Gasteiger partial charge in [0.1, 0.15) is 0 Å². The molecule has 1 fully saturated rings. The Balaban J connectivity index is 0.00000261. The van der Waals surface area contributed by atoms with Crippen LogP contribution in [0, 0.1) is 0 Å². The molecular formula is C19H32IN7. The van der Waals surface area contributed by atoms with Gasteiger partial charge in [-0.05, 0) is 24.8 Å². The fourth-order valence-electron chi connectivity index (χ4n) is 3.97. The van der Waals surface area contributed by atoms with Gasteiger partial charge in [-0.2, -0.15) is 10.2 Å². The topological polar surface area (TPSA) is 63.3 Å². The van der Waals surface area contributed by atoms with Crippen molar-refractivity contribution in [3.8, 4) is 0 Å². The number of aliphatic imine (C=N–C) groups is 1. The summed E-state index contributed by atoms with van der Waals surface area (Å²) in [6, 6.07) is 0. The van der Waals surface area contributed by atoms with E-state index in [1.165, 1.54) is 22.5 Å². The molecule has 150 valence electrons. The summed E-state index contributed by atoms with van der Waals surface area (Å²) in [6.45, 7) is 7.14. The lowest BCUT2D eigenvalue weighted by molar-refractivity contribution is 0.485. The summed E-state index contributed by atoms with van der Waals surface area (Å²) in [6.07, 6.45) is 7.20. The molecule has 3 rings (SSSR count). The molecule has 0 spiro atoms. The van der Waals surface area contributed by atoms with E-state index < -0.39 is 0 Å². The molecule has 8 heteroatoms. The van der Waals surface area contributed by atoms with Gasteiger partial charge in [-0.3, -0.25) is 14.4 Å². The average molecular weight is 485 g/mol. The van der Waals surface area contributed by atoms with Crippen LogP contribution < -0.4 is 5.32 Å². The van der Waals surface area contributed by atoms with Crippen molar-refractivity contribution in [1.82, 2.24) is 29.8 Å². The Morgan fingerprint density at radius 1 is 1.30 bits per heavy atom. The first-order chi connectivity index (χ1) is 12.6. The first-order valence-electron chi connectivity index (χ1n) is 9.55. The highest BCUT2D eigenvalue weighted by molar-refractivity contribution is 14.0. The Morgan fingerprint density at radius 3 is 2.67 bits per heavy atom. The third kappa shape index (κ3) is 4.64. The van der Waals surface area contributed by atoms with Gasteiger partial charge in [0.25, 0.3) is 0 Å². The molecule has 0 saturated carbocycles. The van der Waals surface area contributed by atoms with Gasteiger partial charge in [0.15, 0.2) is 5.96 Å². The third-order valence-corrected chi connectivity index (χ3v) is 5.35. The maximum Gasteiger partial charge on any atom is 0.193 e. The van der Waals surface area contributed by atoms with Crippen molar-refractivity contribution in [1.29, 1.82) is 0 Å². The van der Waals surface area contributed by atoms with Crippen LogP contribution in [0.4, 0.5) is 0 Å². The fourth-order valence-corrected chi connectivity index (χ4v) is 3.97. The molecular weight excluding hydrogens is 453 g/mol. The van der Waals surface area contributed by atoms with Crippen molar-refractivity contribution < 1.29 is 0 Å². The van der Waals surface area contributed by atoms with Crippen LogP contribution in [-0.4, -0.2) is 50.6 Å². The Bertz CT molecular complexity index is 777. The Hall–Kier alpha value is -1.58. The van der Waals surface area contributed by atoms with E-state index in [1.807, 2.05) is 36.7 Å². The van der Waals surface area contributed by atoms with Crippen LogP contribution in [0.25, 0.3) is 0 Å². The largest absolute Gasteiger partial charge is 0.352 e. The predicted octanol–water partition coefficient (Wildman–Crippen LogP) is 2.46. The first kappa shape index (κ1) is 21.7. The number of guanidine groups is 1. The van der Waals surface area contributed by atoms with Crippen LogP contribution in [0.2, 0.25) is 0 Å². The van der Waals surface area contributed by atoms with Crippen molar-refractivity contribution in [2.45, 2.75) is 45.6 Å². The minimum absolute atomic E-state index is 0. The van der Waals surface area contributed by atoms with Crippen LogP contribution in [0.5, 0.6) is 0 Å². The summed E-state index contributed by atoms with van der Waals surface area (Å²) in [7, 11) is 5.88. The zero-order valence-corrected chi connectivity index (χ0v) is 19.4. The van der Waals surface area contributed by atoms with Gasteiger partial charge in [0, 0.05) is 64.1 Å². The minimum atomic E-state index is 0. The fraction of sp³-hybridized carbons (Fsp3) is 0.632. The lowest BCUT2D eigenvalue weighted by Crippen LogP contribution is -2.39. The molecule has 2 aromatic rings. The van der Waals surface area contributed by atoms with Crippen LogP contribution in [0.1, 0.15) is 48.7 Å². The van der Waals surface area contributed by atoms with Gasteiger partial charge in [0.05, 0.1) is 11.9 Å². The normalized spacial score (nSPS) is 17.3. The van der Waals surface area contributed by atoms with Crippen LogP contribution in [0.3, 0.4) is 0 Å². The number of likely N-dealkylation sites (tertiary alicyclic amines) is 1. The first-order valence-corrected chi connectivity index (χ1v) is 9.55.